The van der Waals surface area contributed by atoms with Crippen LogP contribution in [0.3, 0.4) is 0 Å². The first-order valence-corrected chi connectivity index (χ1v) is 8.67. The molecule has 0 amide bonds. The van der Waals surface area contributed by atoms with Gasteiger partial charge in [0.1, 0.15) is 5.75 Å². The van der Waals surface area contributed by atoms with E-state index in [0.717, 1.165) is 42.0 Å². The van der Waals surface area contributed by atoms with Crippen LogP contribution < -0.4 is 4.74 Å². The lowest BCUT2D eigenvalue weighted by molar-refractivity contribution is -0.131. The minimum Gasteiger partial charge on any atom is -0.427 e. The van der Waals surface area contributed by atoms with Gasteiger partial charge in [-0.25, -0.2) is 0 Å². The van der Waals surface area contributed by atoms with E-state index in [2.05, 4.69) is 12.1 Å². The van der Waals surface area contributed by atoms with Crippen LogP contribution in [0.25, 0.3) is 0 Å². The number of hydrogen-bond acceptors (Lipinski definition) is 3. The van der Waals surface area contributed by atoms with Crippen LogP contribution in [0.4, 0.5) is 0 Å². The average molecular weight is 345 g/mol. The third-order valence-electron chi connectivity index (χ3n) is 4.20. The van der Waals surface area contributed by atoms with Gasteiger partial charge in [0.25, 0.3) is 0 Å². The summed E-state index contributed by atoms with van der Waals surface area (Å²) < 4.78 is 10.9. The van der Waals surface area contributed by atoms with Gasteiger partial charge in [0.05, 0.1) is 6.10 Å². The lowest BCUT2D eigenvalue weighted by atomic mass is 9.97. The highest BCUT2D eigenvalue weighted by atomic mass is 35.5. The van der Waals surface area contributed by atoms with E-state index in [1.54, 1.807) is 12.1 Å². The quantitative estimate of drug-likeness (QED) is 0.572. The van der Waals surface area contributed by atoms with E-state index < -0.39 is 0 Å². The molecular formula is C20H21ClO3. The zero-order valence-electron chi connectivity index (χ0n) is 13.8. The molecule has 1 saturated heterocycles. The van der Waals surface area contributed by atoms with Gasteiger partial charge in [0.2, 0.25) is 0 Å². The molecule has 1 fully saturated rings. The molecule has 0 spiro atoms. The van der Waals surface area contributed by atoms with Gasteiger partial charge in [-0.1, -0.05) is 35.9 Å². The number of carbonyl (C=O) groups excluding carboxylic acids is 1. The molecule has 24 heavy (non-hydrogen) atoms. The Morgan fingerprint density at radius 3 is 2.67 bits per heavy atom. The van der Waals surface area contributed by atoms with E-state index in [1.807, 2.05) is 18.2 Å². The first-order chi connectivity index (χ1) is 11.6. The highest BCUT2D eigenvalue weighted by molar-refractivity contribution is 6.31. The summed E-state index contributed by atoms with van der Waals surface area (Å²) in [5.41, 5.74) is 3.41. The average Bonchev–Trinajstić information content (AvgIpc) is 2.59. The van der Waals surface area contributed by atoms with E-state index in [0.29, 0.717) is 5.75 Å². The van der Waals surface area contributed by atoms with Gasteiger partial charge in [0.15, 0.2) is 0 Å². The van der Waals surface area contributed by atoms with Crippen molar-refractivity contribution in [2.24, 2.45) is 0 Å². The minimum atomic E-state index is -0.314. The Kier molecular flexibility index (Phi) is 5.54. The summed E-state index contributed by atoms with van der Waals surface area (Å²) in [5, 5.41) is 0.763. The molecule has 1 heterocycles. The second-order valence-corrected chi connectivity index (χ2v) is 6.53. The molecular weight excluding hydrogens is 324 g/mol. The number of carbonyl (C=O) groups is 1. The van der Waals surface area contributed by atoms with Crippen LogP contribution in [0, 0.1) is 0 Å². The Morgan fingerprint density at radius 2 is 2.00 bits per heavy atom. The van der Waals surface area contributed by atoms with Gasteiger partial charge >= 0.3 is 5.97 Å². The molecule has 0 aromatic heterocycles. The van der Waals surface area contributed by atoms with Crippen molar-refractivity contribution >= 4 is 17.6 Å². The highest BCUT2D eigenvalue weighted by Gasteiger charge is 2.17. The van der Waals surface area contributed by atoms with E-state index in [-0.39, 0.29) is 12.1 Å². The van der Waals surface area contributed by atoms with Crippen molar-refractivity contribution < 1.29 is 14.3 Å². The van der Waals surface area contributed by atoms with Gasteiger partial charge in [0, 0.05) is 18.6 Å². The molecule has 0 bridgehead atoms. The fraction of sp³-hybridized carbons (Fsp3) is 0.350. The summed E-state index contributed by atoms with van der Waals surface area (Å²) in [6.45, 7) is 2.23. The second-order valence-electron chi connectivity index (χ2n) is 6.12. The SMILES string of the molecule is CC(=O)Oc1ccc(Cc2cc([C@@H]3CCCCO3)ccc2Cl)cc1. The van der Waals surface area contributed by atoms with Crippen LogP contribution in [-0.4, -0.2) is 12.6 Å². The minimum absolute atomic E-state index is 0.182. The summed E-state index contributed by atoms with van der Waals surface area (Å²) in [5.74, 6) is 0.243. The molecule has 2 aromatic rings. The van der Waals surface area contributed by atoms with Gasteiger partial charge in [-0.3, -0.25) is 4.79 Å². The lowest BCUT2D eigenvalue weighted by Crippen LogP contribution is -2.11. The summed E-state index contributed by atoms with van der Waals surface area (Å²) in [6.07, 6.45) is 4.34. The van der Waals surface area contributed by atoms with Crippen LogP contribution >= 0.6 is 11.6 Å². The predicted molar refractivity (Wildman–Crippen MR) is 94.6 cm³/mol. The normalized spacial score (nSPS) is 17.5. The molecule has 3 rings (SSSR count). The summed E-state index contributed by atoms with van der Waals surface area (Å²) in [4.78, 5) is 11.0. The molecule has 0 radical (unpaired) electrons. The van der Waals surface area contributed by atoms with Gasteiger partial charge in [-0.05, 0) is 60.6 Å². The van der Waals surface area contributed by atoms with Crippen molar-refractivity contribution in [3.05, 3.63) is 64.2 Å². The zero-order chi connectivity index (χ0) is 16.9. The number of esters is 1. The summed E-state index contributed by atoms with van der Waals surface area (Å²) in [6, 6.07) is 13.7. The van der Waals surface area contributed by atoms with Crippen molar-refractivity contribution in [1.29, 1.82) is 0 Å². The largest absolute Gasteiger partial charge is 0.427 e. The van der Waals surface area contributed by atoms with Gasteiger partial charge < -0.3 is 9.47 Å². The van der Waals surface area contributed by atoms with E-state index >= 15 is 0 Å². The zero-order valence-corrected chi connectivity index (χ0v) is 14.5. The standard InChI is InChI=1S/C20H21ClO3/c1-14(22)24-18-8-5-15(6-9-18)12-17-13-16(7-10-19(17)21)20-4-2-3-11-23-20/h5-10,13,20H,2-4,11-12H2,1H3/t20-/m0/s1. The number of ether oxygens (including phenoxy) is 2. The third-order valence-corrected chi connectivity index (χ3v) is 4.57. The van der Waals surface area contributed by atoms with Crippen molar-refractivity contribution in [2.75, 3.05) is 6.61 Å². The lowest BCUT2D eigenvalue weighted by Gasteiger charge is -2.23. The molecule has 1 aliphatic rings. The monoisotopic (exact) mass is 344 g/mol. The van der Waals surface area contributed by atoms with E-state index in [9.17, 15) is 4.79 Å². The number of rotatable bonds is 4. The molecule has 1 atom stereocenters. The Morgan fingerprint density at radius 1 is 1.21 bits per heavy atom. The molecule has 0 unspecified atom stereocenters. The smallest absolute Gasteiger partial charge is 0.308 e. The Labute approximate surface area is 147 Å². The van der Waals surface area contributed by atoms with E-state index in [4.69, 9.17) is 21.1 Å². The molecule has 1 aliphatic heterocycles. The van der Waals surface area contributed by atoms with Gasteiger partial charge in [-0.2, -0.15) is 0 Å². The Hall–Kier alpha value is -1.84. The second kappa shape index (κ2) is 7.82. The predicted octanol–water partition coefficient (Wildman–Crippen LogP) is 5.10. The topological polar surface area (TPSA) is 35.5 Å². The first kappa shape index (κ1) is 17.0. The van der Waals surface area contributed by atoms with Crippen molar-refractivity contribution in [3.8, 4) is 5.75 Å². The molecule has 4 heteroatoms. The summed E-state index contributed by atoms with van der Waals surface area (Å²) in [7, 11) is 0. The summed E-state index contributed by atoms with van der Waals surface area (Å²) >= 11 is 6.37. The third kappa shape index (κ3) is 4.37. The highest BCUT2D eigenvalue weighted by Crippen LogP contribution is 2.31. The molecule has 3 nitrogen and oxygen atoms in total. The maximum absolute atomic E-state index is 11.0. The molecule has 0 N–H and O–H groups in total. The van der Waals surface area contributed by atoms with Gasteiger partial charge in [-0.15, -0.1) is 0 Å². The van der Waals surface area contributed by atoms with Crippen LogP contribution in [0.5, 0.6) is 5.75 Å². The molecule has 126 valence electrons. The Bertz CT molecular complexity index is 703. The van der Waals surface area contributed by atoms with Crippen molar-refractivity contribution in [2.45, 2.75) is 38.7 Å². The fourth-order valence-corrected chi connectivity index (χ4v) is 3.18. The fourth-order valence-electron chi connectivity index (χ4n) is 3.00. The van der Waals surface area contributed by atoms with Crippen LogP contribution in [-0.2, 0) is 16.0 Å². The molecule has 2 aromatic carbocycles. The van der Waals surface area contributed by atoms with Crippen LogP contribution in [0.15, 0.2) is 42.5 Å². The number of benzene rings is 2. The number of halogens is 1. The maximum Gasteiger partial charge on any atom is 0.308 e. The first-order valence-electron chi connectivity index (χ1n) is 8.29. The Balaban J connectivity index is 1.75. The molecule has 0 saturated carbocycles. The maximum atomic E-state index is 11.0. The van der Waals surface area contributed by atoms with Crippen LogP contribution in [0.2, 0.25) is 5.02 Å². The van der Waals surface area contributed by atoms with Crippen molar-refractivity contribution in [3.63, 3.8) is 0 Å². The van der Waals surface area contributed by atoms with Crippen LogP contribution in [0.1, 0.15) is 49.0 Å². The van der Waals surface area contributed by atoms with Crippen molar-refractivity contribution in [1.82, 2.24) is 0 Å². The molecule has 0 aliphatic carbocycles. The van der Waals surface area contributed by atoms with E-state index in [1.165, 1.54) is 18.9 Å². The number of hydrogen-bond donors (Lipinski definition) is 0.